The Hall–Kier alpha value is -1.80. The maximum Gasteiger partial charge on any atom is 0.190 e. The molecule has 2 aliphatic heterocycles. The van der Waals surface area contributed by atoms with Crippen molar-refractivity contribution in [2.45, 2.75) is 69.7 Å². The van der Waals surface area contributed by atoms with E-state index in [1.807, 2.05) is 62.4 Å². The molecule has 2 aromatic carbocycles. The molecule has 0 amide bonds. The van der Waals surface area contributed by atoms with Gasteiger partial charge in [-0.05, 0) is 44.4 Å². The average Bonchev–Trinajstić information content (AvgIpc) is 3.24. The first kappa shape index (κ1) is 22.4. The topological polar surface area (TPSA) is 69.2 Å². The Labute approximate surface area is 184 Å². The second-order valence-corrected chi connectivity index (χ2v) is 8.64. The zero-order valence-corrected chi connectivity index (χ0v) is 18.3. The van der Waals surface area contributed by atoms with Gasteiger partial charge in [-0.15, -0.1) is 0 Å². The first-order chi connectivity index (χ1) is 15.1. The second kappa shape index (κ2) is 10.2. The molecular weight excluding hydrogens is 394 g/mol. The number of ether oxygens (including phenoxy) is 4. The third kappa shape index (κ3) is 5.71. The van der Waals surface area contributed by atoms with E-state index in [1.165, 1.54) is 5.56 Å². The molecule has 2 aliphatic rings. The number of fused-ring (bicyclic) bond motifs is 1. The Morgan fingerprint density at radius 2 is 1.68 bits per heavy atom. The zero-order valence-electron chi connectivity index (χ0n) is 18.3. The van der Waals surface area contributed by atoms with Crippen LogP contribution in [0.15, 0.2) is 60.7 Å². The average molecular weight is 428 g/mol. The molecule has 31 heavy (non-hydrogen) atoms. The van der Waals surface area contributed by atoms with Crippen LogP contribution < -0.4 is 5.32 Å². The monoisotopic (exact) mass is 427 g/mol. The smallest absolute Gasteiger partial charge is 0.190 e. The van der Waals surface area contributed by atoms with Crippen molar-refractivity contribution in [2.75, 3.05) is 13.2 Å². The van der Waals surface area contributed by atoms with Gasteiger partial charge in [-0.25, -0.2) is 0 Å². The molecule has 5 atom stereocenters. The lowest BCUT2D eigenvalue weighted by Crippen LogP contribution is -2.49. The van der Waals surface area contributed by atoms with Gasteiger partial charge in [-0.3, -0.25) is 0 Å². The Morgan fingerprint density at radius 1 is 1.00 bits per heavy atom. The minimum absolute atomic E-state index is 0.0663. The minimum Gasteiger partial charge on any atom is -0.396 e. The van der Waals surface area contributed by atoms with E-state index in [-0.39, 0.29) is 31.0 Å². The number of aliphatic hydroxyl groups is 1. The number of rotatable bonds is 10. The molecule has 0 unspecified atom stereocenters. The van der Waals surface area contributed by atoms with E-state index in [9.17, 15) is 5.11 Å². The summed E-state index contributed by atoms with van der Waals surface area (Å²) >= 11 is 0. The van der Waals surface area contributed by atoms with Crippen LogP contribution in [-0.4, -0.2) is 54.7 Å². The molecule has 2 N–H and O–H groups in total. The molecular formula is C25H33NO5. The van der Waals surface area contributed by atoms with Crippen molar-refractivity contribution < 1.29 is 24.1 Å². The van der Waals surface area contributed by atoms with Gasteiger partial charge >= 0.3 is 0 Å². The minimum atomic E-state index is -0.706. The van der Waals surface area contributed by atoms with Gasteiger partial charge in [0.1, 0.15) is 18.3 Å². The van der Waals surface area contributed by atoms with Crippen molar-refractivity contribution in [2.24, 2.45) is 0 Å². The summed E-state index contributed by atoms with van der Waals surface area (Å²) in [6.45, 7) is 5.09. The summed E-state index contributed by atoms with van der Waals surface area (Å²) in [5.41, 5.74) is 2.37. The molecule has 0 saturated carbocycles. The normalized spacial score (nSPS) is 27.8. The van der Waals surface area contributed by atoms with Gasteiger partial charge in [0.25, 0.3) is 0 Å². The fraction of sp³-hybridized carbons (Fsp3) is 0.520. The number of nitrogens with one attached hydrogen (secondary N) is 1. The third-order valence-electron chi connectivity index (χ3n) is 5.81. The van der Waals surface area contributed by atoms with Crippen LogP contribution in [0.5, 0.6) is 0 Å². The molecule has 0 radical (unpaired) electrons. The summed E-state index contributed by atoms with van der Waals surface area (Å²) in [4.78, 5) is 0. The molecule has 2 aromatic rings. The number of aliphatic hydroxyl groups excluding tert-OH is 1. The summed E-state index contributed by atoms with van der Waals surface area (Å²) in [5.74, 6) is -0.706. The van der Waals surface area contributed by atoms with Gasteiger partial charge in [0.15, 0.2) is 12.1 Å². The zero-order chi connectivity index (χ0) is 21.7. The summed E-state index contributed by atoms with van der Waals surface area (Å²) in [5, 5.41) is 13.3. The highest BCUT2D eigenvalue weighted by Gasteiger charge is 2.56. The Morgan fingerprint density at radius 3 is 2.35 bits per heavy atom. The molecule has 2 saturated heterocycles. The molecule has 0 spiro atoms. The third-order valence-corrected chi connectivity index (χ3v) is 5.81. The lowest BCUT2D eigenvalue weighted by molar-refractivity contribution is -0.222. The van der Waals surface area contributed by atoms with E-state index in [0.717, 1.165) is 18.5 Å². The van der Waals surface area contributed by atoms with E-state index in [1.54, 1.807) is 0 Å². The van der Waals surface area contributed by atoms with Crippen molar-refractivity contribution >= 4 is 0 Å². The first-order valence-electron chi connectivity index (χ1n) is 11.1. The van der Waals surface area contributed by atoms with Crippen molar-refractivity contribution in [1.29, 1.82) is 0 Å². The SMILES string of the molecule is CC1(C)O[C@H]2O[C@H]([C@H](CCO)NCCc3ccccc3)[C@H](OCc3ccccc3)[C@H]2O1. The molecule has 6 nitrogen and oxygen atoms in total. The van der Waals surface area contributed by atoms with E-state index in [4.69, 9.17) is 18.9 Å². The predicted octanol–water partition coefficient (Wildman–Crippen LogP) is 3.03. The van der Waals surface area contributed by atoms with Crippen molar-refractivity contribution in [1.82, 2.24) is 5.32 Å². The van der Waals surface area contributed by atoms with Crippen molar-refractivity contribution in [3.63, 3.8) is 0 Å². The van der Waals surface area contributed by atoms with E-state index >= 15 is 0 Å². The van der Waals surface area contributed by atoms with Crippen LogP contribution in [0, 0.1) is 0 Å². The van der Waals surface area contributed by atoms with Crippen LogP contribution in [0.4, 0.5) is 0 Å². The predicted molar refractivity (Wildman–Crippen MR) is 117 cm³/mol. The van der Waals surface area contributed by atoms with E-state index in [2.05, 4.69) is 17.4 Å². The Kier molecular flexibility index (Phi) is 7.38. The molecule has 2 fully saturated rings. The standard InChI is InChI=1S/C25H33NO5/c1-25(2)30-23-22(28-17-19-11-7-4-8-12-19)21(29-24(23)31-25)20(14-16-27)26-15-13-18-9-5-3-6-10-18/h3-12,20-24,26-27H,13-17H2,1-2H3/t20-,21+,22-,23+,24+/m0/s1. The summed E-state index contributed by atoms with van der Waals surface area (Å²) in [6.07, 6.45) is 0.106. The van der Waals surface area contributed by atoms with Crippen LogP contribution in [-0.2, 0) is 32.0 Å². The Balaban J connectivity index is 1.44. The molecule has 6 heteroatoms. The van der Waals surface area contributed by atoms with Gasteiger partial charge in [-0.2, -0.15) is 0 Å². The highest BCUT2D eigenvalue weighted by atomic mass is 16.8. The fourth-order valence-corrected chi connectivity index (χ4v) is 4.35. The van der Waals surface area contributed by atoms with Gasteiger partial charge in [0.2, 0.25) is 0 Å². The largest absolute Gasteiger partial charge is 0.396 e. The van der Waals surface area contributed by atoms with Crippen LogP contribution in [0.2, 0.25) is 0 Å². The maximum atomic E-state index is 9.69. The number of benzene rings is 2. The molecule has 0 bridgehead atoms. The summed E-state index contributed by atoms with van der Waals surface area (Å²) in [6, 6.07) is 20.4. The quantitative estimate of drug-likeness (QED) is 0.608. The van der Waals surface area contributed by atoms with Gasteiger partial charge in [-0.1, -0.05) is 60.7 Å². The van der Waals surface area contributed by atoms with E-state index in [0.29, 0.717) is 13.0 Å². The molecule has 0 aliphatic carbocycles. The second-order valence-electron chi connectivity index (χ2n) is 8.64. The molecule has 4 rings (SSSR count). The first-order valence-corrected chi connectivity index (χ1v) is 11.1. The van der Waals surface area contributed by atoms with Crippen LogP contribution >= 0.6 is 0 Å². The van der Waals surface area contributed by atoms with Crippen LogP contribution in [0.3, 0.4) is 0 Å². The van der Waals surface area contributed by atoms with Crippen LogP contribution in [0.1, 0.15) is 31.4 Å². The van der Waals surface area contributed by atoms with Crippen molar-refractivity contribution in [3.05, 3.63) is 71.8 Å². The lowest BCUT2D eigenvalue weighted by Gasteiger charge is -2.31. The number of hydrogen-bond acceptors (Lipinski definition) is 6. The van der Waals surface area contributed by atoms with E-state index < -0.39 is 12.1 Å². The van der Waals surface area contributed by atoms with Gasteiger partial charge in [0, 0.05) is 12.6 Å². The Bertz CT molecular complexity index is 800. The highest BCUT2D eigenvalue weighted by molar-refractivity contribution is 5.15. The molecule has 168 valence electrons. The number of hydrogen-bond donors (Lipinski definition) is 2. The highest BCUT2D eigenvalue weighted by Crippen LogP contribution is 2.40. The van der Waals surface area contributed by atoms with Gasteiger partial charge < -0.3 is 29.4 Å². The maximum absolute atomic E-state index is 9.69. The molecule has 0 aromatic heterocycles. The molecule has 2 heterocycles. The lowest BCUT2D eigenvalue weighted by atomic mass is 10.00. The van der Waals surface area contributed by atoms with Crippen molar-refractivity contribution in [3.8, 4) is 0 Å². The summed E-state index contributed by atoms with van der Waals surface area (Å²) in [7, 11) is 0. The fourth-order valence-electron chi connectivity index (χ4n) is 4.35. The van der Waals surface area contributed by atoms with Gasteiger partial charge in [0.05, 0.1) is 6.61 Å². The van der Waals surface area contributed by atoms with Crippen LogP contribution in [0.25, 0.3) is 0 Å². The summed E-state index contributed by atoms with van der Waals surface area (Å²) < 4.78 is 24.8.